The first-order valence-corrected chi connectivity index (χ1v) is 6.89. The third-order valence-electron chi connectivity index (χ3n) is 3.74. The number of hydrogen-bond donors (Lipinski definition) is 1. The molecular formula is C17H25NO. The summed E-state index contributed by atoms with van der Waals surface area (Å²) in [5.74, 6) is 5.98. The molecular weight excluding hydrogens is 234 g/mol. The molecule has 1 rings (SSSR count). The second-order valence-corrected chi connectivity index (χ2v) is 5.49. The fourth-order valence-electron chi connectivity index (χ4n) is 1.67. The molecule has 19 heavy (non-hydrogen) atoms. The zero-order valence-corrected chi connectivity index (χ0v) is 12.5. The van der Waals surface area contributed by atoms with E-state index in [1.165, 1.54) is 5.56 Å². The molecule has 0 saturated carbocycles. The quantitative estimate of drug-likeness (QED) is 0.822. The lowest BCUT2D eigenvalue weighted by molar-refractivity contribution is 0.143. The third kappa shape index (κ3) is 5.06. The zero-order chi connectivity index (χ0) is 14.3. The van der Waals surface area contributed by atoms with Crippen molar-refractivity contribution in [3.63, 3.8) is 0 Å². The molecule has 0 aromatic heterocycles. The average molecular weight is 259 g/mol. The summed E-state index contributed by atoms with van der Waals surface area (Å²) in [5.41, 5.74) is 2.53. The number of rotatable bonds is 5. The van der Waals surface area contributed by atoms with Crippen LogP contribution in [0.4, 0.5) is 0 Å². The predicted molar refractivity (Wildman–Crippen MR) is 80.9 cm³/mol. The standard InChI is InChI=1S/C17H25NO/c1-5-17(2,3)18(4)14-16-11-9-15(10-12-16)8-6-7-13-19/h9-12,19H,5,7,13-14H2,1-4H3. The van der Waals surface area contributed by atoms with Gasteiger partial charge in [-0.15, -0.1) is 0 Å². The number of benzene rings is 1. The molecule has 104 valence electrons. The largest absolute Gasteiger partial charge is 0.395 e. The Morgan fingerprint density at radius 2 is 1.84 bits per heavy atom. The van der Waals surface area contributed by atoms with Crippen LogP contribution >= 0.6 is 0 Å². The predicted octanol–water partition coefficient (Wildman–Crippen LogP) is 3.04. The lowest BCUT2D eigenvalue weighted by atomic mass is 9.99. The van der Waals surface area contributed by atoms with Crippen molar-refractivity contribution in [2.45, 2.75) is 45.7 Å². The molecule has 1 N–H and O–H groups in total. The van der Waals surface area contributed by atoms with Crippen LogP contribution in [-0.4, -0.2) is 29.2 Å². The van der Waals surface area contributed by atoms with Crippen molar-refractivity contribution in [1.29, 1.82) is 0 Å². The summed E-state index contributed by atoms with van der Waals surface area (Å²) in [7, 11) is 2.17. The molecule has 0 bridgehead atoms. The first kappa shape index (κ1) is 15.8. The number of nitrogens with zero attached hydrogens (tertiary/aromatic N) is 1. The van der Waals surface area contributed by atoms with Crippen LogP contribution in [0.3, 0.4) is 0 Å². The normalized spacial score (nSPS) is 11.3. The smallest absolute Gasteiger partial charge is 0.0540 e. The van der Waals surface area contributed by atoms with Crippen LogP contribution in [0.1, 0.15) is 44.7 Å². The van der Waals surface area contributed by atoms with Gasteiger partial charge in [0.1, 0.15) is 0 Å². The van der Waals surface area contributed by atoms with Crippen LogP contribution in [0.15, 0.2) is 24.3 Å². The highest BCUT2D eigenvalue weighted by molar-refractivity contribution is 5.36. The molecule has 0 aliphatic carbocycles. The van der Waals surface area contributed by atoms with E-state index in [0.29, 0.717) is 6.42 Å². The van der Waals surface area contributed by atoms with Crippen molar-refractivity contribution >= 4 is 0 Å². The SMILES string of the molecule is CCC(C)(C)N(C)Cc1ccc(C#CCCO)cc1. The fraction of sp³-hybridized carbons (Fsp3) is 0.529. The van der Waals surface area contributed by atoms with E-state index >= 15 is 0 Å². The lowest BCUT2D eigenvalue weighted by Crippen LogP contribution is -2.39. The molecule has 0 spiro atoms. The van der Waals surface area contributed by atoms with Crippen molar-refractivity contribution in [3.8, 4) is 11.8 Å². The Morgan fingerprint density at radius 1 is 1.21 bits per heavy atom. The van der Waals surface area contributed by atoms with Gasteiger partial charge < -0.3 is 5.11 Å². The van der Waals surface area contributed by atoms with E-state index in [1.54, 1.807) is 0 Å². The Hall–Kier alpha value is -1.30. The second kappa shape index (κ2) is 7.33. The van der Waals surface area contributed by atoms with Gasteiger partial charge in [0, 0.05) is 24.1 Å². The molecule has 0 saturated heterocycles. The second-order valence-electron chi connectivity index (χ2n) is 5.49. The van der Waals surface area contributed by atoms with Crippen LogP contribution in [0.2, 0.25) is 0 Å². The van der Waals surface area contributed by atoms with Crippen molar-refractivity contribution < 1.29 is 5.11 Å². The van der Waals surface area contributed by atoms with E-state index in [9.17, 15) is 0 Å². The van der Waals surface area contributed by atoms with Crippen molar-refractivity contribution in [2.24, 2.45) is 0 Å². The van der Waals surface area contributed by atoms with Crippen LogP contribution in [0.5, 0.6) is 0 Å². The highest BCUT2D eigenvalue weighted by Gasteiger charge is 2.20. The maximum atomic E-state index is 8.68. The Morgan fingerprint density at radius 3 is 2.37 bits per heavy atom. The zero-order valence-electron chi connectivity index (χ0n) is 12.5. The molecule has 1 aromatic rings. The lowest BCUT2D eigenvalue weighted by Gasteiger charge is -2.34. The Kier molecular flexibility index (Phi) is 6.08. The number of aliphatic hydroxyl groups is 1. The van der Waals surface area contributed by atoms with Crippen molar-refractivity contribution in [3.05, 3.63) is 35.4 Å². The van der Waals surface area contributed by atoms with Gasteiger partial charge in [-0.05, 0) is 45.0 Å². The maximum Gasteiger partial charge on any atom is 0.0540 e. The Balaban J connectivity index is 2.65. The molecule has 0 radical (unpaired) electrons. The van der Waals surface area contributed by atoms with Gasteiger partial charge in [-0.25, -0.2) is 0 Å². The summed E-state index contributed by atoms with van der Waals surface area (Å²) in [6.07, 6.45) is 1.67. The van der Waals surface area contributed by atoms with Gasteiger partial charge in [0.2, 0.25) is 0 Å². The van der Waals surface area contributed by atoms with Gasteiger partial charge in [0.25, 0.3) is 0 Å². The van der Waals surface area contributed by atoms with Crippen LogP contribution in [-0.2, 0) is 6.54 Å². The monoisotopic (exact) mass is 259 g/mol. The minimum atomic E-state index is 0.127. The van der Waals surface area contributed by atoms with Gasteiger partial charge >= 0.3 is 0 Å². The van der Waals surface area contributed by atoms with Gasteiger partial charge in [-0.2, -0.15) is 0 Å². The molecule has 0 aliphatic heterocycles. The van der Waals surface area contributed by atoms with E-state index in [0.717, 1.165) is 18.5 Å². The molecule has 0 heterocycles. The summed E-state index contributed by atoms with van der Waals surface area (Å²) in [6, 6.07) is 8.36. The Bertz CT molecular complexity index is 437. The summed E-state index contributed by atoms with van der Waals surface area (Å²) >= 11 is 0. The topological polar surface area (TPSA) is 23.5 Å². The molecule has 0 atom stereocenters. The van der Waals surface area contributed by atoms with Gasteiger partial charge in [-0.1, -0.05) is 30.9 Å². The van der Waals surface area contributed by atoms with Crippen LogP contribution in [0.25, 0.3) is 0 Å². The van der Waals surface area contributed by atoms with E-state index in [2.05, 4.69) is 56.7 Å². The summed E-state index contributed by atoms with van der Waals surface area (Å²) in [5, 5.41) is 8.68. The maximum absolute atomic E-state index is 8.68. The van der Waals surface area contributed by atoms with Crippen molar-refractivity contribution in [2.75, 3.05) is 13.7 Å². The molecule has 1 aromatic carbocycles. The highest BCUT2D eigenvalue weighted by Crippen LogP contribution is 2.19. The minimum absolute atomic E-state index is 0.127. The summed E-state index contributed by atoms with van der Waals surface area (Å²) in [6.45, 7) is 7.83. The van der Waals surface area contributed by atoms with Crippen LogP contribution in [0, 0.1) is 11.8 Å². The van der Waals surface area contributed by atoms with E-state index < -0.39 is 0 Å². The molecule has 2 nitrogen and oxygen atoms in total. The molecule has 0 amide bonds. The first-order chi connectivity index (χ1) is 8.99. The highest BCUT2D eigenvalue weighted by atomic mass is 16.2. The van der Waals surface area contributed by atoms with E-state index in [-0.39, 0.29) is 12.1 Å². The van der Waals surface area contributed by atoms with Crippen LogP contribution < -0.4 is 0 Å². The van der Waals surface area contributed by atoms with Gasteiger partial charge in [0.15, 0.2) is 0 Å². The van der Waals surface area contributed by atoms with Gasteiger partial charge in [0.05, 0.1) is 6.61 Å². The minimum Gasteiger partial charge on any atom is -0.395 e. The summed E-state index contributed by atoms with van der Waals surface area (Å²) in [4.78, 5) is 2.37. The van der Waals surface area contributed by atoms with Gasteiger partial charge in [-0.3, -0.25) is 4.90 Å². The molecule has 0 fully saturated rings. The number of hydrogen-bond acceptors (Lipinski definition) is 2. The first-order valence-electron chi connectivity index (χ1n) is 6.89. The number of aliphatic hydroxyl groups excluding tert-OH is 1. The molecule has 2 heteroatoms. The summed E-state index contributed by atoms with van der Waals surface area (Å²) < 4.78 is 0. The fourth-order valence-corrected chi connectivity index (χ4v) is 1.67. The van der Waals surface area contributed by atoms with E-state index in [1.807, 2.05) is 12.1 Å². The molecule has 0 aliphatic rings. The third-order valence-corrected chi connectivity index (χ3v) is 3.74. The Labute approximate surface area is 117 Å². The molecule has 0 unspecified atom stereocenters. The average Bonchev–Trinajstić information content (AvgIpc) is 2.41. The van der Waals surface area contributed by atoms with E-state index in [4.69, 9.17) is 5.11 Å². The van der Waals surface area contributed by atoms with Crippen molar-refractivity contribution in [1.82, 2.24) is 4.90 Å².